The van der Waals surface area contributed by atoms with E-state index in [4.69, 9.17) is 9.15 Å². The van der Waals surface area contributed by atoms with Crippen LogP contribution in [0, 0.1) is 0 Å². The van der Waals surface area contributed by atoms with E-state index >= 15 is 0 Å². The maximum absolute atomic E-state index is 11.4. The van der Waals surface area contributed by atoms with Gasteiger partial charge < -0.3 is 9.15 Å². The number of methoxy groups -OCH3 is 1. The molecule has 0 aliphatic carbocycles. The topological polar surface area (TPSA) is 39.4 Å². The van der Waals surface area contributed by atoms with Gasteiger partial charge in [0.05, 0.1) is 18.9 Å². The van der Waals surface area contributed by atoms with Gasteiger partial charge in [-0.25, -0.2) is 0 Å². The highest BCUT2D eigenvalue weighted by atomic mass is 16.5. The van der Waals surface area contributed by atoms with Crippen LogP contribution in [-0.4, -0.2) is 12.9 Å². The minimum atomic E-state index is -0.0196. The van der Waals surface area contributed by atoms with Crippen LogP contribution in [0.25, 0.3) is 11.0 Å². The number of benzene rings is 1. The standard InChI is InChI=1S/C11H10O3/c1-7(12)11-8-5-6-14-9(8)3-4-10(11)13-2/h3-6H,1-2H3. The Labute approximate surface area is 81.3 Å². The van der Waals surface area contributed by atoms with E-state index in [-0.39, 0.29) is 5.78 Å². The van der Waals surface area contributed by atoms with Crippen molar-refractivity contribution in [3.05, 3.63) is 30.0 Å². The number of rotatable bonds is 2. The van der Waals surface area contributed by atoms with Crippen LogP contribution >= 0.6 is 0 Å². The number of hydrogen-bond acceptors (Lipinski definition) is 3. The fraction of sp³-hybridized carbons (Fsp3) is 0.182. The van der Waals surface area contributed by atoms with E-state index in [1.54, 1.807) is 31.6 Å². The maximum atomic E-state index is 11.4. The quantitative estimate of drug-likeness (QED) is 0.683. The Balaban J connectivity index is 2.82. The summed E-state index contributed by atoms with van der Waals surface area (Å²) in [4.78, 5) is 11.4. The van der Waals surface area contributed by atoms with Crippen LogP contribution in [0.1, 0.15) is 17.3 Å². The van der Waals surface area contributed by atoms with E-state index in [0.717, 1.165) is 5.39 Å². The van der Waals surface area contributed by atoms with E-state index in [0.29, 0.717) is 16.9 Å². The van der Waals surface area contributed by atoms with Crippen LogP contribution in [0.5, 0.6) is 5.75 Å². The zero-order chi connectivity index (χ0) is 10.1. The van der Waals surface area contributed by atoms with Crippen LogP contribution < -0.4 is 4.74 Å². The van der Waals surface area contributed by atoms with Crippen LogP contribution in [0.4, 0.5) is 0 Å². The monoisotopic (exact) mass is 190 g/mol. The second kappa shape index (κ2) is 3.18. The second-order valence-corrected chi connectivity index (χ2v) is 3.03. The van der Waals surface area contributed by atoms with Gasteiger partial charge in [0.1, 0.15) is 11.3 Å². The number of hydrogen-bond donors (Lipinski definition) is 0. The fourth-order valence-corrected chi connectivity index (χ4v) is 1.56. The van der Waals surface area contributed by atoms with E-state index in [2.05, 4.69) is 0 Å². The molecule has 3 nitrogen and oxygen atoms in total. The average Bonchev–Trinajstić information content (AvgIpc) is 2.62. The van der Waals surface area contributed by atoms with Crippen LogP contribution in [0.3, 0.4) is 0 Å². The summed E-state index contributed by atoms with van der Waals surface area (Å²) < 4.78 is 10.3. The van der Waals surface area contributed by atoms with Crippen molar-refractivity contribution in [2.75, 3.05) is 7.11 Å². The molecule has 0 aliphatic rings. The van der Waals surface area contributed by atoms with Crippen LogP contribution in [0.2, 0.25) is 0 Å². The molecule has 0 saturated carbocycles. The minimum Gasteiger partial charge on any atom is -0.496 e. The van der Waals surface area contributed by atoms with Crippen molar-refractivity contribution >= 4 is 16.8 Å². The van der Waals surface area contributed by atoms with Crippen molar-refractivity contribution in [3.63, 3.8) is 0 Å². The molecule has 0 spiro atoms. The van der Waals surface area contributed by atoms with Gasteiger partial charge in [-0.05, 0) is 25.1 Å². The average molecular weight is 190 g/mol. The molecule has 14 heavy (non-hydrogen) atoms. The maximum Gasteiger partial charge on any atom is 0.164 e. The Bertz CT molecular complexity index is 482. The van der Waals surface area contributed by atoms with Crippen LogP contribution in [0.15, 0.2) is 28.9 Å². The number of ether oxygens (including phenoxy) is 1. The summed E-state index contributed by atoms with van der Waals surface area (Å²) >= 11 is 0. The third-order valence-electron chi connectivity index (χ3n) is 2.17. The lowest BCUT2D eigenvalue weighted by atomic mass is 10.1. The Morgan fingerprint density at radius 1 is 1.36 bits per heavy atom. The number of carbonyl (C=O) groups is 1. The van der Waals surface area contributed by atoms with Gasteiger partial charge in [-0.2, -0.15) is 0 Å². The molecule has 0 unspecified atom stereocenters. The minimum absolute atomic E-state index is 0.0196. The SMILES string of the molecule is COc1ccc2occc2c1C(C)=O. The van der Waals surface area contributed by atoms with Gasteiger partial charge in [-0.1, -0.05) is 0 Å². The van der Waals surface area contributed by atoms with Gasteiger partial charge in [0.15, 0.2) is 5.78 Å². The summed E-state index contributed by atoms with van der Waals surface area (Å²) in [6, 6.07) is 5.30. The van der Waals surface area contributed by atoms with E-state index in [1.807, 2.05) is 0 Å². The Kier molecular flexibility index (Phi) is 2.00. The van der Waals surface area contributed by atoms with E-state index in [9.17, 15) is 4.79 Å². The predicted molar refractivity (Wildman–Crippen MR) is 52.8 cm³/mol. The summed E-state index contributed by atoms with van der Waals surface area (Å²) in [6.45, 7) is 1.52. The number of fused-ring (bicyclic) bond motifs is 1. The summed E-state index contributed by atoms with van der Waals surface area (Å²) in [6.07, 6.45) is 1.57. The van der Waals surface area contributed by atoms with Crippen molar-refractivity contribution < 1.29 is 13.9 Å². The van der Waals surface area contributed by atoms with Crippen LogP contribution in [-0.2, 0) is 0 Å². The first-order valence-electron chi connectivity index (χ1n) is 4.29. The molecule has 1 heterocycles. The Morgan fingerprint density at radius 2 is 2.14 bits per heavy atom. The lowest BCUT2D eigenvalue weighted by molar-refractivity contribution is 0.101. The normalized spacial score (nSPS) is 10.4. The van der Waals surface area contributed by atoms with Crippen molar-refractivity contribution in [2.24, 2.45) is 0 Å². The lowest BCUT2D eigenvalue weighted by Crippen LogP contribution is -1.97. The van der Waals surface area contributed by atoms with Gasteiger partial charge in [0.2, 0.25) is 0 Å². The second-order valence-electron chi connectivity index (χ2n) is 3.03. The largest absolute Gasteiger partial charge is 0.496 e. The first kappa shape index (κ1) is 8.81. The number of furan rings is 1. The Morgan fingerprint density at radius 3 is 2.79 bits per heavy atom. The Hall–Kier alpha value is -1.77. The zero-order valence-corrected chi connectivity index (χ0v) is 8.03. The van der Waals surface area contributed by atoms with E-state index in [1.165, 1.54) is 6.92 Å². The van der Waals surface area contributed by atoms with Gasteiger partial charge in [0, 0.05) is 5.39 Å². The molecule has 0 bridgehead atoms. The van der Waals surface area contributed by atoms with Gasteiger partial charge >= 0.3 is 0 Å². The number of ketones is 1. The third-order valence-corrected chi connectivity index (χ3v) is 2.17. The molecule has 0 amide bonds. The molecule has 72 valence electrons. The van der Waals surface area contributed by atoms with Crippen molar-refractivity contribution in [1.29, 1.82) is 0 Å². The first-order valence-corrected chi connectivity index (χ1v) is 4.29. The number of carbonyl (C=O) groups excluding carboxylic acids is 1. The fourth-order valence-electron chi connectivity index (χ4n) is 1.56. The summed E-state index contributed by atoms with van der Waals surface area (Å²) in [5.41, 5.74) is 1.29. The molecule has 2 aromatic rings. The smallest absolute Gasteiger partial charge is 0.164 e. The first-order chi connectivity index (χ1) is 6.74. The molecule has 0 saturated heterocycles. The molecular formula is C11H10O3. The van der Waals surface area contributed by atoms with Crippen molar-refractivity contribution in [3.8, 4) is 5.75 Å². The van der Waals surface area contributed by atoms with Crippen molar-refractivity contribution in [1.82, 2.24) is 0 Å². The highest BCUT2D eigenvalue weighted by Crippen LogP contribution is 2.28. The molecule has 0 atom stereocenters. The van der Waals surface area contributed by atoms with Crippen molar-refractivity contribution in [2.45, 2.75) is 6.92 Å². The zero-order valence-electron chi connectivity index (χ0n) is 8.03. The number of Topliss-reactive ketones (excluding diaryl/α,β-unsaturated/α-hetero) is 1. The molecule has 1 aromatic carbocycles. The molecule has 0 radical (unpaired) electrons. The molecule has 3 heteroatoms. The molecule has 2 rings (SSSR count). The van der Waals surface area contributed by atoms with E-state index < -0.39 is 0 Å². The molecule has 1 aromatic heterocycles. The summed E-state index contributed by atoms with van der Waals surface area (Å²) in [7, 11) is 1.55. The molecule has 0 N–H and O–H groups in total. The highest BCUT2D eigenvalue weighted by Gasteiger charge is 2.13. The molecule has 0 aliphatic heterocycles. The molecule has 0 fully saturated rings. The lowest BCUT2D eigenvalue weighted by Gasteiger charge is -2.05. The third kappa shape index (κ3) is 1.18. The molecular weight excluding hydrogens is 180 g/mol. The van der Waals surface area contributed by atoms with Gasteiger partial charge in [-0.3, -0.25) is 4.79 Å². The van der Waals surface area contributed by atoms with Gasteiger partial charge in [0.25, 0.3) is 0 Å². The summed E-state index contributed by atoms with van der Waals surface area (Å²) in [5.74, 6) is 0.570. The highest BCUT2D eigenvalue weighted by molar-refractivity contribution is 6.08. The van der Waals surface area contributed by atoms with Gasteiger partial charge in [-0.15, -0.1) is 0 Å². The predicted octanol–water partition coefficient (Wildman–Crippen LogP) is 2.64. The summed E-state index contributed by atoms with van der Waals surface area (Å²) in [5, 5.41) is 0.803.